The van der Waals surface area contributed by atoms with Crippen molar-refractivity contribution >= 4 is 17.8 Å². The lowest BCUT2D eigenvalue weighted by molar-refractivity contribution is 0.0789. The first-order valence-corrected chi connectivity index (χ1v) is 11.3. The summed E-state index contributed by atoms with van der Waals surface area (Å²) in [7, 11) is 0. The van der Waals surface area contributed by atoms with Crippen molar-refractivity contribution in [2.75, 3.05) is 37.6 Å². The molecule has 2 aromatic carbocycles. The predicted molar refractivity (Wildman–Crippen MR) is 119 cm³/mol. The molecule has 2 aromatic rings. The van der Waals surface area contributed by atoms with Crippen LogP contribution in [-0.2, 0) is 16.8 Å². The monoisotopic (exact) mass is 419 g/mol. The summed E-state index contributed by atoms with van der Waals surface area (Å²) in [6, 6.07) is 18.2. The zero-order valence-corrected chi connectivity index (χ0v) is 17.8. The van der Waals surface area contributed by atoms with E-state index < -0.39 is 0 Å². The van der Waals surface area contributed by atoms with Crippen LogP contribution in [0.4, 0.5) is 15.3 Å². The molecule has 0 saturated carbocycles. The fraction of sp³-hybridized carbons (Fsp3) is 0.440. The van der Waals surface area contributed by atoms with Crippen LogP contribution >= 0.6 is 0 Å². The molecule has 2 saturated heterocycles. The van der Waals surface area contributed by atoms with Crippen molar-refractivity contribution < 1.29 is 14.3 Å². The summed E-state index contributed by atoms with van der Waals surface area (Å²) in [6.07, 6.45) is 3.61. The Morgan fingerprint density at radius 1 is 0.839 bits per heavy atom. The van der Waals surface area contributed by atoms with Crippen molar-refractivity contribution in [2.45, 2.75) is 37.7 Å². The van der Waals surface area contributed by atoms with E-state index in [9.17, 15) is 9.59 Å². The number of likely N-dealkylation sites (tertiary alicyclic amines) is 2. The smallest absolute Gasteiger partial charge is 0.410 e. The quantitative estimate of drug-likeness (QED) is 0.725. The molecule has 0 atom stereocenters. The molecule has 0 radical (unpaired) electrons. The number of anilines is 1. The number of nitrogens with zero attached hydrogens (tertiary/aromatic N) is 3. The van der Waals surface area contributed by atoms with Gasteiger partial charge in [0.05, 0.1) is 0 Å². The molecule has 2 fully saturated rings. The van der Waals surface area contributed by atoms with Crippen LogP contribution in [0.1, 0.15) is 36.8 Å². The normalized spacial score (nSPS) is 19.5. The summed E-state index contributed by atoms with van der Waals surface area (Å²) in [5.74, 6) is 0. The Morgan fingerprint density at radius 2 is 1.52 bits per heavy atom. The van der Waals surface area contributed by atoms with Crippen LogP contribution in [0, 0.1) is 0 Å². The van der Waals surface area contributed by atoms with E-state index in [4.69, 9.17) is 4.74 Å². The van der Waals surface area contributed by atoms with E-state index in [1.165, 1.54) is 5.56 Å². The van der Waals surface area contributed by atoms with Crippen molar-refractivity contribution in [3.8, 4) is 0 Å². The van der Waals surface area contributed by atoms with Crippen molar-refractivity contribution in [3.63, 3.8) is 0 Å². The van der Waals surface area contributed by atoms with Gasteiger partial charge in [0.25, 0.3) is 0 Å². The molecule has 5 rings (SSSR count). The van der Waals surface area contributed by atoms with Gasteiger partial charge in [0, 0.05) is 43.8 Å². The largest absolute Gasteiger partial charge is 0.445 e. The molecule has 31 heavy (non-hydrogen) atoms. The zero-order chi connectivity index (χ0) is 21.3. The number of benzene rings is 2. The Hall–Kier alpha value is -3.02. The van der Waals surface area contributed by atoms with E-state index in [1.54, 1.807) is 0 Å². The van der Waals surface area contributed by atoms with E-state index >= 15 is 0 Å². The molecule has 1 spiro atoms. The third kappa shape index (κ3) is 3.75. The maximum Gasteiger partial charge on any atom is 0.410 e. The van der Waals surface area contributed by atoms with Gasteiger partial charge in [-0.15, -0.1) is 0 Å². The topological polar surface area (TPSA) is 53.1 Å². The highest BCUT2D eigenvalue weighted by atomic mass is 16.6. The Kier molecular flexibility index (Phi) is 5.30. The molecule has 0 aliphatic carbocycles. The van der Waals surface area contributed by atoms with Crippen LogP contribution in [0.3, 0.4) is 0 Å². The molecule has 3 heterocycles. The molecule has 0 bridgehead atoms. The third-order valence-corrected chi connectivity index (χ3v) is 7.02. The summed E-state index contributed by atoms with van der Waals surface area (Å²) < 4.78 is 5.53. The summed E-state index contributed by atoms with van der Waals surface area (Å²) in [4.78, 5) is 31.6. The number of rotatable bonds is 2. The molecule has 0 unspecified atom stereocenters. The number of urea groups is 1. The summed E-state index contributed by atoms with van der Waals surface area (Å²) in [5.41, 5.74) is 3.20. The second-order valence-electron chi connectivity index (χ2n) is 8.89. The lowest BCUT2D eigenvalue weighted by atomic mass is 9.74. The minimum absolute atomic E-state index is 0.0812. The first kappa shape index (κ1) is 19.9. The van der Waals surface area contributed by atoms with Crippen LogP contribution in [0.5, 0.6) is 0 Å². The number of carbonyl (C=O) groups excluding carboxylic acids is 2. The van der Waals surface area contributed by atoms with E-state index in [1.807, 2.05) is 51.1 Å². The fourth-order valence-electron chi connectivity index (χ4n) is 5.24. The first-order chi connectivity index (χ1) is 15.2. The summed E-state index contributed by atoms with van der Waals surface area (Å²) in [6.45, 7) is 4.00. The van der Waals surface area contributed by atoms with Crippen molar-refractivity contribution in [1.29, 1.82) is 0 Å². The van der Waals surface area contributed by atoms with Crippen LogP contribution in [0.25, 0.3) is 0 Å². The average molecular weight is 420 g/mol. The van der Waals surface area contributed by atoms with Gasteiger partial charge in [-0.05, 0) is 42.9 Å². The molecular weight excluding hydrogens is 390 g/mol. The van der Waals surface area contributed by atoms with Gasteiger partial charge in [-0.1, -0.05) is 48.5 Å². The van der Waals surface area contributed by atoms with Crippen LogP contribution < -0.4 is 4.90 Å². The number of para-hydroxylation sites is 1. The molecule has 0 aromatic heterocycles. The number of amides is 3. The van der Waals surface area contributed by atoms with E-state index in [0.717, 1.165) is 50.0 Å². The van der Waals surface area contributed by atoms with Gasteiger partial charge in [-0.25, -0.2) is 9.59 Å². The van der Waals surface area contributed by atoms with Gasteiger partial charge in [-0.3, -0.25) is 4.90 Å². The molecule has 3 aliphatic heterocycles. The molecular formula is C25H29N3O3. The predicted octanol–water partition coefficient (Wildman–Crippen LogP) is 4.39. The van der Waals surface area contributed by atoms with Crippen molar-refractivity contribution in [3.05, 3.63) is 65.7 Å². The van der Waals surface area contributed by atoms with Gasteiger partial charge in [0.2, 0.25) is 0 Å². The highest BCUT2D eigenvalue weighted by Gasteiger charge is 2.47. The molecule has 6 nitrogen and oxygen atoms in total. The second kappa shape index (κ2) is 8.25. The molecule has 3 aliphatic rings. The molecule has 3 amide bonds. The Balaban J connectivity index is 1.26. The Morgan fingerprint density at radius 3 is 2.26 bits per heavy atom. The van der Waals surface area contributed by atoms with Gasteiger partial charge in [0.1, 0.15) is 6.61 Å². The lowest BCUT2D eigenvalue weighted by Crippen LogP contribution is -2.49. The second-order valence-corrected chi connectivity index (χ2v) is 8.89. The Labute approximate surface area is 183 Å². The highest BCUT2D eigenvalue weighted by Crippen LogP contribution is 2.47. The van der Waals surface area contributed by atoms with Crippen molar-refractivity contribution in [2.24, 2.45) is 0 Å². The number of piperidine rings is 1. The molecule has 162 valence electrons. The zero-order valence-electron chi connectivity index (χ0n) is 17.8. The maximum absolute atomic E-state index is 13.2. The van der Waals surface area contributed by atoms with Gasteiger partial charge >= 0.3 is 12.1 Å². The van der Waals surface area contributed by atoms with Gasteiger partial charge < -0.3 is 14.5 Å². The van der Waals surface area contributed by atoms with Gasteiger partial charge in [0.15, 0.2) is 0 Å². The molecule has 0 N–H and O–H groups in total. The standard InChI is InChI=1S/C25H29N3O3/c29-23(26-14-6-7-15-26)28-19-25(21-10-4-5-11-22(21)28)12-16-27(17-13-25)24(30)31-18-20-8-2-1-3-9-20/h1-5,8-11H,6-7,12-19H2. The van der Waals surface area contributed by atoms with Crippen molar-refractivity contribution in [1.82, 2.24) is 9.80 Å². The minimum atomic E-state index is -0.255. The first-order valence-electron chi connectivity index (χ1n) is 11.3. The van der Waals surface area contributed by atoms with E-state index in [-0.39, 0.29) is 17.5 Å². The maximum atomic E-state index is 13.2. The van der Waals surface area contributed by atoms with E-state index in [2.05, 4.69) is 18.2 Å². The number of fused-ring (bicyclic) bond motifs is 2. The average Bonchev–Trinajstić information content (AvgIpc) is 3.46. The number of carbonyl (C=O) groups is 2. The van der Waals surface area contributed by atoms with Gasteiger partial charge in [-0.2, -0.15) is 0 Å². The third-order valence-electron chi connectivity index (χ3n) is 7.02. The minimum Gasteiger partial charge on any atom is -0.445 e. The lowest BCUT2D eigenvalue weighted by Gasteiger charge is -2.39. The van der Waals surface area contributed by atoms with Crippen LogP contribution in [-0.4, -0.2) is 54.6 Å². The number of hydrogen-bond donors (Lipinski definition) is 0. The SMILES string of the molecule is O=C(OCc1ccccc1)N1CCC2(CC1)CN(C(=O)N1CCCC1)c1ccccc12. The van der Waals surface area contributed by atoms with E-state index in [0.29, 0.717) is 26.2 Å². The van der Waals surface area contributed by atoms with Crippen LogP contribution in [0.2, 0.25) is 0 Å². The summed E-state index contributed by atoms with van der Waals surface area (Å²) >= 11 is 0. The highest BCUT2D eigenvalue weighted by molar-refractivity contribution is 5.95. The van der Waals surface area contributed by atoms with Crippen LogP contribution in [0.15, 0.2) is 54.6 Å². The summed E-state index contributed by atoms with van der Waals surface area (Å²) in [5, 5.41) is 0. The molecule has 6 heteroatoms. The fourth-order valence-corrected chi connectivity index (χ4v) is 5.24. The number of hydrogen-bond acceptors (Lipinski definition) is 3. The number of ether oxygens (including phenoxy) is 1. The Bertz CT molecular complexity index is 947.